The highest BCUT2D eigenvalue weighted by Gasteiger charge is 2.24. The van der Waals surface area contributed by atoms with Crippen LogP contribution in [0.15, 0.2) is 30.3 Å². The van der Waals surface area contributed by atoms with Crippen LogP contribution in [0.3, 0.4) is 0 Å². The number of likely N-dealkylation sites (N-methyl/N-ethyl adjacent to an activating group) is 1. The molecular weight excluding hydrogens is 430 g/mol. The molecule has 3 aliphatic rings. The van der Waals surface area contributed by atoms with E-state index in [9.17, 15) is 4.79 Å². The van der Waals surface area contributed by atoms with Gasteiger partial charge in [-0.15, -0.1) is 0 Å². The number of rotatable bonds is 6. The third-order valence-electron chi connectivity index (χ3n) is 6.72. The topological polar surface area (TPSA) is 85.9 Å². The third-order valence-corrected chi connectivity index (χ3v) is 6.72. The van der Waals surface area contributed by atoms with Gasteiger partial charge in [-0.2, -0.15) is 0 Å². The van der Waals surface area contributed by atoms with Crippen molar-refractivity contribution in [1.29, 1.82) is 0 Å². The zero-order valence-corrected chi connectivity index (χ0v) is 20.2. The van der Waals surface area contributed by atoms with Gasteiger partial charge in [-0.1, -0.05) is 0 Å². The Morgan fingerprint density at radius 1 is 1.09 bits per heavy atom. The second kappa shape index (κ2) is 10.2. The number of morpholine rings is 1. The van der Waals surface area contributed by atoms with Gasteiger partial charge in [-0.25, -0.2) is 14.8 Å². The fourth-order valence-corrected chi connectivity index (χ4v) is 4.43. The van der Waals surface area contributed by atoms with Gasteiger partial charge < -0.3 is 25.2 Å². The average molecular weight is 466 g/mol. The van der Waals surface area contributed by atoms with Crippen LogP contribution in [0.4, 0.5) is 16.3 Å². The van der Waals surface area contributed by atoms with E-state index in [4.69, 9.17) is 14.7 Å². The zero-order chi connectivity index (χ0) is 23.5. The summed E-state index contributed by atoms with van der Waals surface area (Å²) in [5.74, 6) is 1.67. The quantitative estimate of drug-likeness (QED) is 0.678. The number of benzene rings is 1. The molecule has 5 rings (SSSR count). The van der Waals surface area contributed by atoms with Gasteiger partial charge in [-0.3, -0.25) is 4.90 Å². The lowest BCUT2D eigenvalue weighted by Crippen LogP contribution is -2.45. The van der Waals surface area contributed by atoms with E-state index in [2.05, 4.69) is 45.4 Å². The molecular formula is C25H35N7O2. The fourth-order valence-electron chi connectivity index (χ4n) is 4.43. The van der Waals surface area contributed by atoms with Crippen molar-refractivity contribution in [1.82, 2.24) is 25.1 Å². The first-order valence-electron chi connectivity index (χ1n) is 12.3. The monoisotopic (exact) mass is 465 g/mol. The van der Waals surface area contributed by atoms with E-state index >= 15 is 0 Å². The second-order valence-electron chi connectivity index (χ2n) is 9.69. The number of hydrogen-bond acceptors (Lipinski definition) is 7. The van der Waals surface area contributed by atoms with E-state index in [0.717, 1.165) is 74.9 Å². The molecule has 1 saturated carbocycles. The molecule has 34 heavy (non-hydrogen) atoms. The minimum Gasteiger partial charge on any atom is -0.377 e. The summed E-state index contributed by atoms with van der Waals surface area (Å²) in [6.45, 7) is 9.47. The van der Waals surface area contributed by atoms with E-state index in [1.54, 1.807) is 0 Å². The number of piperazine rings is 1. The van der Waals surface area contributed by atoms with Crippen molar-refractivity contribution in [2.24, 2.45) is 0 Å². The number of hydrogen-bond donors (Lipinski definition) is 2. The third kappa shape index (κ3) is 5.84. The van der Waals surface area contributed by atoms with Gasteiger partial charge >= 0.3 is 6.03 Å². The fraction of sp³-hybridized carbons (Fsp3) is 0.560. The van der Waals surface area contributed by atoms with Gasteiger partial charge in [-0.05, 0) is 51.1 Å². The van der Waals surface area contributed by atoms with Crippen molar-refractivity contribution in [3.8, 4) is 11.4 Å². The molecule has 3 heterocycles. The van der Waals surface area contributed by atoms with Crippen molar-refractivity contribution in [2.45, 2.75) is 38.4 Å². The summed E-state index contributed by atoms with van der Waals surface area (Å²) in [7, 11) is 2.17. The van der Waals surface area contributed by atoms with Crippen LogP contribution in [0.25, 0.3) is 11.4 Å². The molecule has 9 nitrogen and oxygen atoms in total. The molecule has 2 amide bonds. The number of ether oxygens (including phenoxy) is 1. The Morgan fingerprint density at radius 3 is 2.56 bits per heavy atom. The summed E-state index contributed by atoms with van der Waals surface area (Å²) in [5.41, 5.74) is 2.74. The van der Waals surface area contributed by atoms with Gasteiger partial charge in [0.05, 0.1) is 24.9 Å². The Morgan fingerprint density at radius 2 is 1.85 bits per heavy atom. The Balaban J connectivity index is 1.37. The number of amides is 2. The number of carbonyl (C=O) groups excluding carboxylic acids is 1. The summed E-state index contributed by atoms with van der Waals surface area (Å²) < 4.78 is 5.65. The van der Waals surface area contributed by atoms with Crippen molar-refractivity contribution >= 4 is 17.5 Å². The van der Waals surface area contributed by atoms with Crippen LogP contribution in [0.5, 0.6) is 0 Å². The van der Waals surface area contributed by atoms with E-state index in [1.807, 2.05) is 24.3 Å². The number of anilines is 2. The van der Waals surface area contributed by atoms with Gasteiger partial charge in [0.15, 0.2) is 5.82 Å². The highest BCUT2D eigenvalue weighted by molar-refractivity contribution is 5.89. The number of nitrogens with one attached hydrogen (secondary N) is 2. The van der Waals surface area contributed by atoms with Gasteiger partial charge in [0.25, 0.3) is 0 Å². The summed E-state index contributed by atoms with van der Waals surface area (Å²) in [6, 6.07) is 10.4. The highest BCUT2D eigenvalue weighted by atomic mass is 16.5. The molecule has 0 radical (unpaired) electrons. The molecule has 1 atom stereocenters. The molecule has 2 aliphatic heterocycles. The Bertz CT molecular complexity index is 987. The molecule has 9 heteroatoms. The van der Waals surface area contributed by atoms with Crippen molar-refractivity contribution in [2.75, 3.05) is 63.2 Å². The van der Waals surface area contributed by atoms with E-state index in [-0.39, 0.29) is 12.1 Å². The normalized spacial score (nSPS) is 21.9. The van der Waals surface area contributed by atoms with Crippen LogP contribution < -0.4 is 15.5 Å². The molecule has 1 aromatic heterocycles. The molecule has 1 aromatic carbocycles. The molecule has 2 N–H and O–H groups in total. The maximum atomic E-state index is 12.1. The molecule has 0 bridgehead atoms. The summed E-state index contributed by atoms with van der Waals surface area (Å²) >= 11 is 0. The SMILES string of the molecule is C[C@H]1COCCN1c1cc(CN2CCN(C)CC2)nc(-c2ccc(NC(=O)NC3CC3)cc2)n1. The molecule has 182 valence electrons. The van der Waals surface area contributed by atoms with Crippen molar-refractivity contribution < 1.29 is 9.53 Å². The molecule has 0 unspecified atom stereocenters. The summed E-state index contributed by atoms with van der Waals surface area (Å²) in [6.07, 6.45) is 2.14. The van der Waals surface area contributed by atoms with Crippen LogP contribution in [0, 0.1) is 0 Å². The van der Waals surface area contributed by atoms with Gasteiger partial charge in [0.1, 0.15) is 5.82 Å². The largest absolute Gasteiger partial charge is 0.377 e. The molecule has 2 aromatic rings. The Labute approximate surface area is 201 Å². The van der Waals surface area contributed by atoms with Crippen LogP contribution in [-0.2, 0) is 11.3 Å². The Hall–Kier alpha value is -2.75. The van der Waals surface area contributed by atoms with E-state index in [1.165, 1.54) is 0 Å². The smallest absolute Gasteiger partial charge is 0.319 e. The molecule has 1 aliphatic carbocycles. The standard InChI is InChI=1S/C25H35N7O2/c1-18-17-34-14-13-32(18)23-15-22(16-31-11-9-30(2)10-12-31)26-24(29-23)19-3-5-20(6-4-19)27-25(33)28-21-7-8-21/h3-6,15,18,21H,7-14,16-17H2,1-2H3,(H2,27,28,33)/t18-/m0/s1. The second-order valence-corrected chi connectivity index (χ2v) is 9.69. The summed E-state index contributed by atoms with van der Waals surface area (Å²) in [5, 5.41) is 5.85. The Kier molecular flexibility index (Phi) is 6.94. The van der Waals surface area contributed by atoms with Crippen molar-refractivity contribution in [3.05, 3.63) is 36.0 Å². The van der Waals surface area contributed by atoms with Crippen LogP contribution >= 0.6 is 0 Å². The lowest BCUT2D eigenvalue weighted by atomic mass is 10.1. The maximum absolute atomic E-state index is 12.1. The van der Waals surface area contributed by atoms with Crippen molar-refractivity contribution in [3.63, 3.8) is 0 Å². The van der Waals surface area contributed by atoms with Gasteiger partial charge in [0.2, 0.25) is 0 Å². The maximum Gasteiger partial charge on any atom is 0.319 e. The minimum atomic E-state index is -0.149. The van der Waals surface area contributed by atoms with E-state index in [0.29, 0.717) is 25.1 Å². The predicted molar refractivity (Wildman–Crippen MR) is 133 cm³/mol. The first kappa shape index (κ1) is 23.0. The number of nitrogens with zero attached hydrogens (tertiary/aromatic N) is 5. The molecule has 0 spiro atoms. The van der Waals surface area contributed by atoms with Crippen LogP contribution in [0.1, 0.15) is 25.5 Å². The first-order chi connectivity index (χ1) is 16.5. The predicted octanol–water partition coefficient (Wildman–Crippen LogP) is 2.40. The molecule has 3 fully saturated rings. The lowest BCUT2D eigenvalue weighted by molar-refractivity contribution is 0.0985. The number of urea groups is 1. The average Bonchev–Trinajstić information content (AvgIpc) is 3.65. The number of carbonyl (C=O) groups is 1. The van der Waals surface area contributed by atoms with Crippen LogP contribution in [-0.4, -0.2) is 90.9 Å². The highest BCUT2D eigenvalue weighted by Crippen LogP contribution is 2.25. The lowest BCUT2D eigenvalue weighted by Gasteiger charge is -2.35. The van der Waals surface area contributed by atoms with Crippen LogP contribution in [0.2, 0.25) is 0 Å². The molecule has 2 saturated heterocycles. The first-order valence-corrected chi connectivity index (χ1v) is 12.3. The number of aromatic nitrogens is 2. The van der Waals surface area contributed by atoms with E-state index < -0.39 is 0 Å². The van der Waals surface area contributed by atoms with Gasteiger partial charge in [0, 0.05) is 62.6 Å². The summed E-state index contributed by atoms with van der Waals surface area (Å²) in [4.78, 5) is 29.1. The minimum absolute atomic E-state index is 0.149. The zero-order valence-electron chi connectivity index (χ0n) is 20.2.